The molecule has 20 heavy (non-hydrogen) atoms. The summed E-state index contributed by atoms with van der Waals surface area (Å²) in [6.07, 6.45) is -4.43. The minimum Gasteiger partial charge on any atom is -0.229 e. The predicted molar refractivity (Wildman–Crippen MR) is 60.8 cm³/mol. The summed E-state index contributed by atoms with van der Waals surface area (Å²) in [5, 5.41) is 24.8. The van der Waals surface area contributed by atoms with E-state index in [4.69, 9.17) is 10.5 Å². The van der Waals surface area contributed by atoms with Crippen molar-refractivity contribution in [2.45, 2.75) is 12.7 Å². The molecule has 0 fully saturated rings. The maximum absolute atomic E-state index is 12.5. The third-order valence-corrected chi connectivity index (χ3v) is 2.55. The summed E-state index contributed by atoms with van der Waals surface area (Å²) < 4.78 is 38.6. The van der Waals surface area contributed by atoms with Crippen molar-refractivity contribution >= 4 is 0 Å². The molecule has 100 valence electrons. The lowest BCUT2D eigenvalue weighted by atomic mass is 10.1. The quantitative estimate of drug-likeness (QED) is 0.844. The number of rotatable bonds is 2. The molecule has 0 unspecified atom stereocenters. The van der Waals surface area contributed by atoms with E-state index in [9.17, 15) is 13.2 Å². The number of nitriles is 2. The Balaban J connectivity index is 2.50. The molecule has 1 aromatic carbocycles. The van der Waals surface area contributed by atoms with E-state index in [-0.39, 0.29) is 17.9 Å². The van der Waals surface area contributed by atoms with E-state index in [1.54, 1.807) is 6.07 Å². The zero-order valence-electron chi connectivity index (χ0n) is 9.89. The average Bonchev–Trinajstić information content (AvgIpc) is 2.81. The molecular weight excluding hydrogens is 271 g/mol. The molecule has 0 saturated heterocycles. The Hall–Kier alpha value is -2.87. The van der Waals surface area contributed by atoms with Crippen LogP contribution in [0.4, 0.5) is 13.2 Å². The molecule has 0 N–H and O–H groups in total. The molecule has 0 saturated carbocycles. The lowest BCUT2D eigenvalue weighted by Crippen LogP contribution is -2.05. The molecular formula is C12H6F3N5. The number of aromatic nitrogens is 3. The molecule has 2 rings (SSSR count). The molecule has 0 atom stereocenters. The third-order valence-electron chi connectivity index (χ3n) is 2.55. The van der Waals surface area contributed by atoms with E-state index in [1.165, 1.54) is 16.8 Å². The fourth-order valence-corrected chi connectivity index (χ4v) is 1.67. The summed E-state index contributed by atoms with van der Waals surface area (Å²) in [7, 11) is 0. The van der Waals surface area contributed by atoms with Gasteiger partial charge in [-0.25, -0.2) is 4.68 Å². The average molecular weight is 277 g/mol. The van der Waals surface area contributed by atoms with Gasteiger partial charge in [-0.1, -0.05) is 17.3 Å². The summed E-state index contributed by atoms with van der Waals surface area (Å²) in [6, 6.07) is 7.87. The topological polar surface area (TPSA) is 78.3 Å². The first-order valence-electron chi connectivity index (χ1n) is 5.35. The molecule has 0 amide bonds. The SMILES string of the molecule is N#CCn1nnc(C#N)c1-c1ccc(C(F)(F)F)cc1. The van der Waals surface area contributed by atoms with Crippen LogP contribution in [0.15, 0.2) is 24.3 Å². The second-order valence-corrected chi connectivity index (χ2v) is 3.79. The highest BCUT2D eigenvalue weighted by atomic mass is 19.4. The highest BCUT2D eigenvalue weighted by Crippen LogP contribution is 2.31. The summed E-state index contributed by atoms with van der Waals surface area (Å²) in [5.74, 6) is 0. The van der Waals surface area contributed by atoms with Gasteiger partial charge in [0.1, 0.15) is 18.3 Å². The lowest BCUT2D eigenvalue weighted by molar-refractivity contribution is -0.137. The summed E-state index contributed by atoms with van der Waals surface area (Å²) >= 11 is 0. The van der Waals surface area contributed by atoms with E-state index in [2.05, 4.69) is 10.3 Å². The van der Waals surface area contributed by atoms with Crippen molar-refractivity contribution in [2.24, 2.45) is 0 Å². The summed E-state index contributed by atoms with van der Waals surface area (Å²) in [4.78, 5) is 0. The molecule has 0 radical (unpaired) electrons. The molecule has 0 aliphatic rings. The van der Waals surface area contributed by atoms with Crippen molar-refractivity contribution in [1.29, 1.82) is 10.5 Å². The first-order chi connectivity index (χ1) is 9.47. The fourth-order valence-electron chi connectivity index (χ4n) is 1.67. The largest absolute Gasteiger partial charge is 0.416 e. The zero-order chi connectivity index (χ0) is 14.8. The van der Waals surface area contributed by atoms with Crippen LogP contribution in [0.5, 0.6) is 0 Å². The number of benzene rings is 1. The van der Waals surface area contributed by atoms with Crippen molar-refractivity contribution in [3.63, 3.8) is 0 Å². The van der Waals surface area contributed by atoms with Crippen molar-refractivity contribution in [3.8, 4) is 23.4 Å². The highest BCUT2D eigenvalue weighted by molar-refractivity contribution is 5.65. The van der Waals surface area contributed by atoms with E-state index in [1.807, 2.05) is 6.07 Å². The van der Waals surface area contributed by atoms with Crippen LogP contribution < -0.4 is 0 Å². The number of hydrogen-bond acceptors (Lipinski definition) is 4. The van der Waals surface area contributed by atoms with Crippen LogP contribution in [-0.4, -0.2) is 15.0 Å². The summed E-state index contributed by atoms with van der Waals surface area (Å²) in [5.41, 5.74) is -0.267. The van der Waals surface area contributed by atoms with Crippen LogP contribution in [-0.2, 0) is 12.7 Å². The van der Waals surface area contributed by atoms with Gasteiger partial charge in [0.05, 0.1) is 11.6 Å². The van der Waals surface area contributed by atoms with Gasteiger partial charge in [0, 0.05) is 5.56 Å². The van der Waals surface area contributed by atoms with E-state index in [0.717, 1.165) is 12.1 Å². The normalized spacial score (nSPS) is 10.8. The first kappa shape index (κ1) is 13.6. The predicted octanol–water partition coefficient (Wildman–Crippen LogP) is 2.36. The molecule has 0 aliphatic heterocycles. The van der Waals surface area contributed by atoms with Gasteiger partial charge in [0.15, 0.2) is 5.69 Å². The molecule has 0 bridgehead atoms. The fraction of sp³-hybridized carbons (Fsp3) is 0.167. The molecule has 0 spiro atoms. The molecule has 1 aromatic heterocycles. The minimum atomic E-state index is -4.43. The van der Waals surface area contributed by atoms with Gasteiger partial charge in [-0.2, -0.15) is 23.7 Å². The van der Waals surface area contributed by atoms with Gasteiger partial charge >= 0.3 is 6.18 Å². The van der Waals surface area contributed by atoms with E-state index in [0.29, 0.717) is 5.56 Å². The minimum absolute atomic E-state index is 0.0417. The van der Waals surface area contributed by atoms with Crippen LogP contribution in [0, 0.1) is 22.7 Å². The van der Waals surface area contributed by atoms with Crippen LogP contribution in [0.25, 0.3) is 11.3 Å². The van der Waals surface area contributed by atoms with E-state index < -0.39 is 11.7 Å². The summed E-state index contributed by atoms with van der Waals surface area (Å²) in [6.45, 7) is -0.148. The Labute approximate surface area is 111 Å². The number of halogens is 3. The van der Waals surface area contributed by atoms with E-state index >= 15 is 0 Å². The van der Waals surface area contributed by atoms with Gasteiger partial charge in [0.25, 0.3) is 0 Å². The van der Waals surface area contributed by atoms with Gasteiger partial charge < -0.3 is 0 Å². The Morgan fingerprint density at radius 1 is 1.15 bits per heavy atom. The number of hydrogen-bond donors (Lipinski definition) is 0. The monoisotopic (exact) mass is 277 g/mol. The maximum Gasteiger partial charge on any atom is 0.416 e. The number of alkyl halides is 3. The molecule has 8 heteroatoms. The number of nitrogens with zero attached hydrogens (tertiary/aromatic N) is 5. The highest BCUT2D eigenvalue weighted by Gasteiger charge is 2.30. The van der Waals surface area contributed by atoms with Crippen molar-refractivity contribution in [1.82, 2.24) is 15.0 Å². The molecule has 0 aliphatic carbocycles. The second-order valence-electron chi connectivity index (χ2n) is 3.79. The Morgan fingerprint density at radius 2 is 1.80 bits per heavy atom. The van der Waals surface area contributed by atoms with Gasteiger partial charge in [0.2, 0.25) is 0 Å². The van der Waals surface area contributed by atoms with Gasteiger partial charge in [-0.3, -0.25) is 0 Å². The Bertz CT molecular complexity index is 701. The van der Waals surface area contributed by atoms with Crippen molar-refractivity contribution in [2.75, 3.05) is 0 Å². The smallest absolute Gasteiger partial charge is 0.229 e. The molecule has 5 nitrogen and oxygen atoms in total. The van der Waals surface area contributed by atoms with Crippen LogP contribution >= 0.6 is 0 Å². The third kappa shape index (κ3) is 2.45. The van der Waals surface area contributed by atoms with Gasteiger partial charge in [-0.05, 0) is 12.1 Å². The zero-order valence-corrected chi connectivity index (χ0v) is 9.89. The molecule has 1 heterocycles. The van der Waals surface area contributed by atoms with Gasteiger partial charge in [-0.15, -0.1) is 5.10 Å². The lowest BCUT2D eigenvalue weighted by Gasteiger charge is -2.08. The van der Waals surface area contributed by atoms with Crippen molar-refractivity contribution < 1.29 is 13.2 Å². The standard InChI is InChI=1S/C12H6F3N5/c13-12(14,15)9-3-1-8(2-4-9)11-10(7-17)18-19-20(11)6-5-16/h1-4H,6H2. The molecule has 2 aromatic rings. The van der Waals surface area contributed by atoms with Crippen LogP contribution in [0.2, 0.25) is 0 Å². The maximum atomic E-state index is 12.5. The second kappa shape index (κ2) is 5.02. The Kier molecular flexibility index (Phi) is 3.40. The van der Waals surface area contributed by atoms with Crippen LogP contribution in [0.3, 0.4) is 0 Å². The first-order valence-corrected chi connectivity index (χ1v) is 5.35. The van der Waals surface area contributed by atoms with Crippen molar-refractivity contribution in [3.05, 3.63) is 35.5 Å². The Morgan fingerprint density at radius 3 is 2.30 bits per heavy atom. The van der Waals surface area contributed by atoms with Crippen LogP contribution in [0.1, 0.15) is 11.3 Å².